The van der Waals surface area contributed by atoms with Crippen LogP contribution in [-0.2, 0) is 0 Å². The molecule has 2 aromatic heterocycles. The molecule has 94 valence electrons. The number of halogens is 1. The second-order valence-corrected chi connectivity index (χ2v) is 4.20. The van der Waals surface area contributed by atoms with Gasteiger partial charge in [0.2, 0.25) is 5.88 Å². The summed E-state index contributed by atoms with van der Waals surface area (Å²) < 4.78 is 5.60. The van der Waals surface area contributed by atoms with Crippen molar-refractivity contribution in [1.82, 2.24) is 15.0 Å². The fourth-order valence-corrected chi connectivity index (χ4v) is 1.79. The lowest BCUT2D eigenvalue weighted by atomic mass is 10.2. The highest BCUT2D eigenvalue weighted by atomic mass is 35.5. The molecule has 0 aliphatic rings. The zero-order valence-electron chi connectivity index (χ0n) is 9.75. The standard InChI is InChI=1S/C13H9ClN4O/c14-12-11(15)13(18-7-17-12)19-9-4-3-8-2-1-5-16-10(8)6-9/h1-7H,15H2. The molecule has 0 saturated heterocycles. The van der Waals surface area contributed by atoms with Crippen molar-refractivity contribution in [3.63, 3.8) is 0 Å². The Labute approximate surface area is 114 Å². The number of anilines is 1. The molecule has 2 heterocycles. The average molecular weight is 273 g/mol. The van der Waals surface area contributed by atoms with Gasteiger partial charge in [-0.2, -0.15) is 4.98 Å². The van der Waals surface area contributed by atoms with E-state index in [0.29, 0.717) is 5.75 Å². The lowest BCUT2D eigenvalue weighted by molar-refractivity contribution is 0.465. The van der Waals surface area contributed by atoms with Crippen molar-refractivity contribution >= 4 is 28.2 Å². The summed E-state index contributed by atoms with van der Waals surface area (Å²) in [6.07, 6.45) is 3.02. The molecule has 0 bridgehead atoms. The molecule has 5 nitrogen and oxygen atoms in total. The van der Waals surface area contributed by atoms with Gasteiger partial charge in [-0.1, -0.05) is 17.7 Å². The van der Waals surface area contributed by atoms with Crippen LogP contribution in [0.3, 0.4) is 0 Å². The van der Waals surface area contributed by atoms with Crippen molar-refractivity contribution in [2.24, 2.45) is 0 Å². The Morgan fingerprint density at radius 1 is 1.11 bits per heavy atom. The van der Waals surface area contributed by atoms with E-state index < -0.39 is 0 Å². The number of nitrogens with zero attached hydrogens (tertiary/aromatic N) is 3. The summed E-state index contributed by atoms with van der Waals surface area (Å²) in [5.74, 6) is 0.822. The van der Waals surface area contributed by atoms with Gasteiger partial charge >= 0.3 is 0 Å². The topological polar surface area (TPSA) is 73.9 Å². The van der Waals surface area contributed by atoms with Gasteiger partial charge in [-0.3, -0.25) is 4.98 Å². The van der Waals surface area contributed by atoms with Gasteiger partial charge in [0.25, 0.3) is 0 Å². The lowest BCUT2D eigenvalue weighted by Gasteiger charge is -2.08. The van der Waals surface area contributed by atoms with Crippen molar-refractivity contribution in [2.45, 2.75) is 0 Å². The molecule has 0 radical (unpaired) electrons. The fourth-order valence-electron chi connectivity index (χ4n) is 1.66. The summed E-state index contributed by atoms with van der Waals surface area (Å²) in [6.45, 7) is 0. The molecular formula is C13H9ClN4O. The number of ether oxygens (including phenoxy) is 1. The first-order chi connectivity index (χ1) is 9.24. The van der Waals surface area contributed by atoms with E-state index in [-0.39, 0.29) is 16.7 Å². The van der Waals surface area contributed by atoms with Crippen LogP contribution >= 0.6 is 11.6 Å². The Morgan fingerprint density at radius 3 is 2.89 bits per heavy atom. The van der Waals surface area contributed by atoms with Gasteiger partial charge in [0.15, 0.2) is 5.15 Å². The predicted molar refractivity (Wildman–Crippen MR) is 73.3 cm³/mol. The van der Waals surface area contributed by atoms with Gasteiger partial charge in [-0.05, 0) is 18.2 Å². The van der Waals surface area contributed by atoms with E-state index in [2.05, 4.69) is 15.0 Å². The number of aromatic nitrogens is 3. The van der Waals surface area contributed by atoms with Crippen LogP contribution in [0.4, 0.5) is 5.69 Å². The zero-order chi connectivity index (χ0) is 13.2. The Bertz CT molecular complexity index is 748. The molecule has 1 aromatic carbocycles. The summed E-state index contributed by atoms with van der Waals surface area (Å²) in [6, 6.07) is 9.40. The van der Waals surface area contributed by atoms with Crippen LogP contribution < -0.4 is 10.5 Å². The first-order valence-electron chi connectivity index (χ1n) is 5.52. The molecule has 0 aliphatic carbocycles. The Hall–Kier alpha value is -2.40. The molecule has 6 heteroatoms. The van der Waals surface area contributed by atoms with Crippen LogP contribution in [0.15, 0.2) is 42.9 Å². The van der Waals surface area contributed by atoms with Crippen molar-refractivity contribution in [3.8, 4) is 11.6 Å². The van der Waals surface area contributed by atoms with Gasteiger partial charge in [-0.25, -0.2) is 4.98 Å². The molecule has 0 fully saturated rings. The maximum atomic E-state index is 5.81. The normalized spacial score (nSPS) is 10.6. The third kappa shape index (κ3) is 2.28. The van der Waals surface area contributed by atoms with Gasteiger partial charge < -0.3 is 10.5 Å². The van der Waals surface area contributed by atoms with E-state index in [1.54, 1.807) is 6.20 Å². The van der Waals surface area contributed by atoms with Crippen LogP contribution in [0.25, 0.3) is 10.9 Å². The molecule has 0 spiro atoms. The molecule has 0 saturated carbocycles. The van der Waals surface area contributed by atoms with Crippen molar-refractivity contribution in [3.05, 3.63) is 48.0 Å². The molecule has 19 heavy (non-hydrogen) atoms. The number of rotatable bonds is 2. The van der Waals surface area contributed by atoms with E-state index in [1.807, 2.05) is 30.3 Å². The fraction of sp³-hybridized carbons (Fsp3) is 0. The van der Waals surface area contributed by atoms with Gasteiger partial charge in [0.05, 0.1) is 5.52 Å². The Morgan fingerprint density at radius 2 is 2.00 bits per heavy atom. The van der Waals surface area contributed by atoms with Gasteiger partial charge in [0, 0.05) is 17.6 Å². The summed E-state index contributed by atoms with van der Waals surface area (Å²) >= 11 is 5.81. The average Bonchev–Trinajstić information content (AvgIpc) is 2.44. The number of pyridine rings is 1. The third-order valence-electron chi connectivity index (χ3n) is 2.59. The SMILES string of the molecule is Nc1c(Cl)ncnc1Oc1ccc2cccnc2c1. The van der Waals surface area contributed by atoms with Crippen molar-refractivity contribution in [1.29, 1.82) is 0 Å². The van der Waals surface area contributed by atoms with Gasteiger partial charge in [-0.15, -0.1) is 0 Å². The Balaban J connectivity index is 1.99. The monoisotopic (exact) mass is 272 g/mol. The summed E-state index contributed by atoms with van der Waals surface area (Å²) in [5.41, 5.74) is 6.79. The van der Waals surface area contributed by atoms with Crippen LogP contribution in [-0.4, -0.2) is 15.0 Å². The second kappa shape index (κ2) is 4.70. The smallest absolute Gasteiger partial charge is 0.247 e. The predicted octanol–water partition coefficient (Wildman–Crippen LogP) is 3.05. The molecule has 2 N–H and O–H groups in total. The number of nitrogen functional groups attached to an aromatic ring is 1. The molecule has 0 amide bonds. The molecule has 0 atom stereocenters. The number of nitrogens with two attached hydrogens (primary N) is 1. The number of hydrogen-bond acceptors (Lipinski definition) is 5. The maximum Gasteiger partial charge on any atom is 0.247 e. The molecule has 3 aromatic rings. The molecular weight excluding hydrogens is 264 g/mol. The summed E-state index contributed by atoms with van der Waals surface area (Å²) in [7, 11) is 0. The minimum atomic E-state index is 0.170. The van der Waals surface area contributed by atoms with Crippen molar-refractivity contribution < 1.29 is 4.74 Å². The minimum Gasteiger partial charge on any atom is -0.437 e. The van der Waals surface area contributed by atoms with E-state index >= 15 is 0 Å². The second-order valence-electron chi connectivity index (χ2n) is 3.84. The van der Waals surface area contributed by atoms with Crippen LogP contribution in [0.2, 0.25) is 5.15 Å². The van der Waals surface area contributed by atoms with E-state index in [0.717, 1.165) is 10.9 Å². The summed E-state index contributed by atoms with van der Waals surface area (Å²) in [5, 5.41) is 1.20. The quantitative estimate of drug-likeness (QED) is 0.726. The highest BCUT2D eigenvalue weighted by Crippen LogP contribution is 2.29. The van der Waals surface area contributed by atoms with E-state index in [9.17, 15) is 0 Å². The highest BCUT2D eigenvalue weighted by molar-refractivity contribution is 6.32. The van der Waals surface area contributed by atoms with Crippen LogP contribution in [0, 0.1) is 0 Å². The lowest BCUT2D eigenvalue weighted by Crippen LogP contribution is -1.97. The van der Waals surface area contributed by atoms with Crippen LogP contribution in [0.5, 0.6) is 11.6 Å². The maximum absolute atomic E-state index is 5.81. The van der Waals surface area contributed by atoms with E-state index in [4.69, 9.17) is 22.1 Å². The van der Waals surface area contributed by atoms with Gasteiger partial charge in [0.1, 0.15) is 17.8 Å². The first kappa shape index (κ1) is 11.7. The first-order valence-corrected chi connectivity index (χ1v) is 5.90. The number of fused-ring (bicyclic) bond motifs is 1. The molecule has 3 rings (SSSR count). The van der Waals surface area contributed by atoms with Crippen LogP contribution in [0.1, 0.15) is 0 Å². The Kier molecular flexibility index (Phi) is 2.89. The third-order valence-corrected chi connectivity index (χ3v) is 2.89. The van der Waals surface area contributed by atoms with E-state index in [1.165, 1.54) is 6.33 Å². The molecule has 0 unspecified atom stereocenters. The number of hydrogen-bond donors (Lipinski definition) is 1. The summed E-state index contributed by atoms with van der Waals surface area (Å²) in [4.78, 5) is 12.0. The highest BCUT2D eigenvalue weighted by Gasteiger charge is 2.08. The van der Waals surface area contributed by atoms with Crippen molar-refractivity contribution in [2.75, 3.05) is 5.73 Å². The largest absolute Gasteiger partial charge is 0.437 e. The zero-order valence-corrected chi connectivity index (χ0v) is 10.5. The number of benzene rings is 1. The molecule has 0 aliphatic heterocycles. The minimum absolute atomic E-state index is 0.170.